The van der Waals surface area contributed by atoms with Crippen LogP contribution in [0.4, 0.5) is 33.2 Å². The average molecular weight is 375 g/mol. The zero-order chi connectivity index (χ0) is 18.0. The maximum atomic E-state index is 13.1. The molecule has 11 heteroatoms. The van der Waals surface area contributed by atoms with Crippen LogP contribution in [0.1, 0.15) is 5.01 Å². The molecule has 1 aromatic carbocycles. The second kappa shape index (κ2) is 6.82. The van der Waals surface area contributed by atoms with E-state index in [-0.39, 0.29) is 5.13 Å². The molecule has 2 amide bonds. The summed E-state index contributed by atoms with van der Waals surface area (Å²) in [5, 5.41) is 8.49. The van der Waals surface area contributed by atoms with Crippen molar-refractivity contribution in [2.45, 2.75) is 6.18 Å². The summed E-state index contributed by atoms with van der Waals surface area (Å²) in [4.78, 5) is 15.3. The third-order valence-corrected chi connectivity index (χ3v) is 4.60. The van der Waals surface area contributed by atoms with Gasteiger partial charge in [-0.05, 0) is 18.2 Å². The molecule has 0 bridgehead atoms. The molecule has 3 rings (SSSR count). The van der Waals surface area contributed by atoms with Crippen LogP contribution in [-0.2, 0) is 6.18 Å². The average Bonchev–Trinajstić information content (AvgIpc) is 3.05. The highest BCUT2D eigenvalue weighted by Gasteiger charge is 2.36. The molecule has 1 saturated heterocycles. The lowest BCUT2D eigenvalue weighted by molar-refractivity contribution is -0.138. The van der Waals surface area contributed by atoms with E-state index in [1.807, 2.05) is 0 Å². The minimum Gasteiger partial charge on any atom is -0.343 e. The molecule has 0 atom stereocenters. The number of urea groups is 1. The maximum Gasteiger partial charge on any atom is 0.445 e. The molecule has 0 saturated carbocycles. The Labute approximate surface area is 144 Å². The molecule has 1 aliphatic rings. The largest absolute Gasteiger partial charge is 0.445 e. The first-order valence-corrected chi connectivity index (χ1v) is 8.12. The van der Waals surface area contributed by atoms with Crippen molar-refractivity contribution in [2.75, 3.05) is 36.4 Å². The molecular formula is C14H13F4N5OS. The fourth-order valence-electron chi connectivity index (χ4n) is 2.33. The number of nitrogens with one attached hydrogen (secondary N) is 1. The lowest BCUT2D eigenvalue weighted by atomic mass is 10.3. The second-order valence-corrected chi connectivity index (χ2v) is 6.26. The van der Waals surface area contributed by atoms with Gasteiger partial charge in [0, 0.05) is 31.9 Å². The third kappa shape index (κ3) is 4.16. The summed E-state index contributed by atoms with van der Waals surface area (Å²) in [7, 11) is 0. The van der Waals surface area contributed by atoms with E-state index >= 15 is 0 Å². The van der Waals surface area contributed by atoms with Gasteiger partial charge in [0.15, 0.2) is 0 Å². The SMILES string of the molecule is O=C(Nc1cccc(F)c1)N1CCN(c2nnc(C(F)(F)F)s2)CC1. The zero-order valence-electron chi connectivity index (χ0n) is 12.8. The fraction of sp³-hybridized carbons (Fsp3) is 0.357. The van der Waals surface area contributed by atoms with E-state index in [2.05, 4.69) is 15.5 Å². The maximum absolute atomic E-state index is 13.1. The van der Waals surface area contributed by atoms with Crippen LogP contribution in [-0.4, -0.2) is 47.3 Å². The van der Waals surface area contributed by atoms with Crippen molar-refractivity contribution in [1.82, 2.24) is 15.1 Å². The van der Waals surface area contributed by atoms with E-state index in [9.17, 15) is 22.4 Å². The zero-order valence-corrected chi connectivity index (χ0v) is 13.6. The Bertz CT molecular complexity index is 758. The molecule has 6 nitrogen and oxygen atoms in total. The fourth-order valence-corrected chi connectivity index (χ4v) is 3.09. The Morgan fingerprint density at radius 2 is 1.88 bits per heavy atom. The van der Waals surface area contributed by atoms with Gasteiger partial charge in [-0.25, -0.2) is 9.18 Å². The Kier molecular flexibility index (Phi) is 4.75. The standard InChI is InChI=1S/C14H13F4N5OS/c15-9-2-1-3-10(8-9)19-12(24)22-4-6-23(7-5-22)13-21-20-11(25-13)14(16,17)18/h1-3,8H,4-7H2,(H,19,24). The van der Waals surface area contributed by atoms with Gasteiger partial charge in [-0.2, -0.15) is 13.2 Å². The summed E-state index contributed by atoms with van der Waals surface area (Å²) >= 11 is 0.478. The number of benzene rings is 1. The number of carbonyl (C=O) groups excluding carboxylic acids is 1. The van der Waals surface area contributed by atoms with Gasteiger partial charge in [0.1, 0.15) is 5.82 Å². The van der Waals surface area contributed by atoms with Crippen LogP contribution in [0.25, 0.3) is 0 Å². The van der Waals surface area contributed by atoms with E-state index < -0.39 is 23.0 Å². The quantitative estimate of drug-likeness (QED) is 0.820. The Hall–Kier alpha value is -2.43. The number of aromatic nitrogens is 2. The van der Waals surface area contributed by atoms with Crippen molar-refractivity contribution >= 4 is 28.2 Å². The Morgan fingerprint density at radius 3 is 2.48 bits per heavy atom. The molecule has 2 heterocycles. The smallest absolute Gasteiger partial charge is 0.343 e. The van der Waals surface area contributed by atoms with Crippen LogP contribution >= 0.6 is 11.3 Å². The van der Waals surface area contributed by atoms with E-state index in [0.717, 1.165) is 0 Å². The summed E-state index contributed by atoms with van der Waals surface area (Å²) < 4.78 is 50.8. The molecule has 0 spiro atoms. The number of rotatable bonds is 2. The van der Waals surface area contributed by atoms with Crippen LogP contribution in [0, 0.1) is 5.82 Å². The molecule has 2 aromatic rings. The molecule has 0 radical (unpaired) electrons. The molecular weight excluding hydrogens is 362 g/mol. The Balaban J connectivity index is 1.56. The van der Waals surface area contributed by atoms with Crippen LogP contribution in [0.3, 0.4) is 0 Å². The van der Waals surface area contributed by atoms with Gasteiger partial charge in [-0.3, -0.25) is 0 Å². The van der Waals surface area contributed by atoms with Crippen molar-refractivity contribution < 1.29 is 22.4 Å². The number of alkyl halides is 3. The number of hydrogen-bond donors (Lipinski definition) is 1. The van der Waals surface area contributed by atoms with Crippen molar-refractivity contribution in [3.05, 3.63) is 35.1 Å². The summed E-state index contributed by atoms with van der Waals surface area (Å²) in [5.74, 6) is -0.459. The molecule has 1 aromatic heterocycles. The van der Waals surface area contributed by atoms with Crippen molar-refractivity contribution in [1.29, 1.82) is 0 Å². The molecule has 0 aliphatic carbocycles. The summed E-state index contributed by atoms with van der Waals surface area (Å²) in [6, 6.07) is 5.13. The highest BCUT2D eigenvalue weighted by molar-refractivity contribution is 7.15. The minimum absolute atomic E-state index is 0.178. The van der Waals surface area contributed by atoms with E-state index in [1.165, 1.54) is 23.1 Å². The molecule has 1 N–H and O–H groups in total. The minimum atomic E-state index is -4.51. The summed E-state index contributed by atoms with van der Waals surface area (Å²) in [5.41, 5.74) is 0.339. The molecule has 1 aliphatic heterocycles. The lowest BCUT2D eigenvalue weighted by Crippen LogP contribution is -2.50. The number of piperazine rings is 1. The van der Waals surface area contributed by atoms with Crippen LogP contribution in [0.2, 0.25) is 0 Å². The van der Waals surface area contributed by atoms with E-state index in [4.69, 9.17) is 0 Å². The van der Waals surface area contributed by atoms with E-state index in [0.29, 0.717) is 43.2 Å². The first kappa shape index (κ1) is 17.4. The molecule has 1 fully saturated rings. The monoisotopic (exact) mass is 375 g/mol. The summed E-state index contributed by atoms with van der Waals surface area (Å²) in [6.45, 7) is 1.29. The predicted molar refractivity (Wildman–Crippen MR) is 84.1 cm³/mol. The Morgan fingerprint density at radius 1 is 1.16 bits per heavy atom. The van der Waals surface area contributed by atoms with Gasteiger partial charge in [-0.1, -0.05) is 17.4 Å². The van der Waals surface area contributed by atoms with E-state index in [1.54, 1.807) is 11.0 Å². The van der Waals surface area contributed by atoms with Gasteiger partial charge in [-0.15, -0.1) is 10.2 Å². The number of amides is 2. The summed E-state index contributed by atoms with van der Waals surface area (Å²) in [6.07, 6.45) is -4.51. The highest BCUT2D eigenvalue weighted by atomic mass is 32.1. The van der Waals surface area contributed by atoms with Crippen LogP contribution in [0.5, 0.6) is 0 Å². The van der Waals surface area contributed by atoms with Gasteiger partial charge in [0.05, 0.1) is 0 Å². The number of halogens is 4. The first-order chi connectivity index (χ1) is 11.8. The number of hydrogen-bond acceptors (Lipinski definition) is 5. The number of carbonyl (C=O) groups is 1. The van der Waals surface area contributed by atoms with Gasteiger partial charge >= 0.3 is 12.2 Å². The molecule has 0 unspecified atom stereocenters. The van der Waals surface area contributed by atoms with Crippen molar-refractivity contribution in [2.24, 2.45) is 0 Å². The second-order valence-electron chi connectivity index (χ2n) is 5.30. The number of anilines is 2. The van der Waals surface area contributed by atoms with Gasteiger partial charge in [0.2, 0.25) is 10.1 Å². The van der Waals surface area contributed by atoms with Crippen molar-refractivity contribution in [3.63, 3.8) is 0 Å². The predicted octanol–water partition coefficient (Wildman–Crippen LogP) is 3.05. The van der Waals surface area contributed by atoms with Crippen LogP contribution < -0.4 is 10.2 Å². The van der Waals surface area contributed by atoms with Gasteiger partial charge in [0.25, 0.3) is 0 Å². The molecule has 25 heavy (non-hydrogen) atoms. The molecule has 134 valence electrons. The normalized spacial score (nSPS) is 15.4. The number of nitrogens with zero attached hydrogens (tertiary/aromatic N) is 4. The van der Waals surface area contributed by atoms with Gasteiger partial charge < -0.3 is 15.1 Å². The lowest BCUT2D eigenvalue weighted by Gasteiger charge is -2.34. The first-order valence-electron chi connectivity index (χ1n) is 7.30. The third-order valence-electron chi connectivity index (χ3n) is 3.57. The topological polar surface area (TPSA) is 61.4 Å². The van der Waals surface area contributed by atoms with Crippen LogP contribution in [0.15, 0.2) is 24.3 Å². The van der Waals surface area contributed by atoms with Crippen molar-refractivity contribution in [3.8, 4) is 0 Å². The highest BCUT2D eigenvalue weighted by Crippen LogP contribution is 2.34.